The van der Waals surface area contributed by atoms with Crippen LogP contribution in [0.4, 0.5) is 0 Å². The van der Waals surface area contributed by atoms with Gasteiger partial charge in [-0.2, -0.15) is 5.10 Å². The Morgan fingerprint density at radius 3 is 2.64 bits per heavy atom. The van der Waals surface area contributed by atoms with Gasteiger partial charge in [-0.25, -0.2) is 0 Å². The van der Waals surface area contributed by atoms with Crippen LogP contribution in [0.2, 0.25) is 0 Å². The Hall–Kier alpha value is -2.52. The fourth-order valence-electron chi connectivity index (χ4n) is 3.64. The molecule has 2 heterocycles. The standard InChI is InChI=1S/C22H24N2O3S/c1-4-22(5-2)10-11-27-19-14-20(28-3)15(12-18(19)22)6-7-16-8-9-17(24-23-16)13-21(25)26/h8-9,12,14H,4-5,10-11,13H2,1-3H3,(H,25,26). The summed E-state index contributed by atoms with van der Waals surface area (Å²) in [6.45, 7) is 5.23. The molecule has 6 heteroatoms. The Labute approximate surface area is 169 Å². The average molecular weight is 397 g/mol. The zero-order valence-electron chi connectivity index (χ0n) is 16.4. The van der Waals surface area contributed by atoms with E-state index in [1.807, 2.05) is 6.26 Å². The van der Waals surface area contributed by atoms with Crippen molar-refractivity contribution in [2.24, 2.45) is 0 Å². The van der Waals surface area contributed by atoms with Crippen LogP contribution in [-0.2, 0) is 16.6 Å². The molecule has 1 aliphatic rings. The van der Waals surface area contributed by atoms with Gasteiger partial charge in [-0.1, -0.05) is 19.8 Å². The molecular weight excluding hydrogens is 372 g/mol. The van der Waals surface area contributed by atoms with Crippen LogP contribution in [0.25, 0.3) is 0 Å². The second-order valence-corrected chi connectivity index (χ2v) is 7.71. The molecule has 146 valence electrons. The number of carbonyl (C=O) groups is 1. The minimum Gasteiger partial charge on any atom is -0.493 e. The zero-order valence-corrected chi connectivity index (χ0v) is 17.2. The third-order valence-electron chi connectivity index (χ3n) is 5.44. The maximum Gasteiger partial charge on any atom is 0.309 e. The first-order valence-corrected chi connectivity index (χ1v) is 10.7. The molecule has 0 aliphatic carbocycles. The molecule has 0 spiro atoms. The summed E-state index contributed by atoms with van der Waals surface area (Å²) in [5, 5.41) is 16.8. The first-order valence-electron chi connectivity index (χ1n) is 9.43. The lowest BCUT2D eigenvalue weighted by atomic mass is 9.71. The summed E-state index contributed by atoms with van der Waals surface area (Å²) in [4.78, 5) is 11.8. The summed E-state index contributed by atoms with van der Waals surface area (Å²) in [5.41, 5.74) is 3.28. The molecule has 0 saturated carbocycles. The molecule has 5 nitrogen and oxygen atoms in total. The molecule has 0 fully saturated rings. The number of fused-ring (bicyclic) bond motifs is 1. The summed E-state index contributed by atoms with van der Waals surface area (Å²) in [5.74, 6) is 6.34. The molecule has 1 N–H and O–H groups in total. The smallest absolute Gasteiger partial charge is 0.309 e. The predicted molar refractivity (Wildman–Crippen MR) is 110 cm³/mol. The molecule has 0 radical (unpaired) electrons. The van der Waals surface area contributed by atoms with Crippen LogP contribution in [0, 0.1) is 11.8 Å². The van der Waals surface area contributed by atoms with Crippen molar-refractivity contribution in [2.75, 3.05) is 12.9 Å². The maximum atomic E-state index is 10.7. The van der Waals surface area contributed by atoms with Gasteiger partial charge < -0.3 is 9.84 Å². The molecule has 0 bridgehead atoms. The zero-order chi connectivity index (χ0) is 20.1. The number of aromatic nitrogens is 2. The normalized spacial score (nSPS) is 14.4. The van der Waals surface area contributed by atoms with Gasteiger partial charge in [0.1, 0.15) is 11.4 Å². The number of rotatable bonds is 5. The van der Waals surface area contributed by atoms with E-state index in [-0.39, 0.29) is 11.8 Å². The van der Waals surface area contributed by atoms with Gasteiger partial charge in [0, 0.05) is 21.4 Å². The fraction of sp³-hybridized carbons (Fsp3) is 0.409. The van der Waals surface area contributed by atoms with Crippen LogP contribution < -0.4 is 4.74 Å². The SMILES string of the molecule is CCC1(CC)CCOc2cc(SC)c(C#Cc3ccc(CC(=O)O)nn3)cc21. The topological polar surface area (TPSA) is 72.3 Å². The minimum absolute atomic E-state index is 0.138. The fourth-order valence-corrected chi connectivity index (χ4v) is 4.20. The number of hydrogen-bond acceptors (Lipinski definition) is 5. The van der Waals surface area contributed by atoms with Crippen molar-refractivity contribution >= 4 is 17.7 Å². The van der Waals surface area contributed by atoms with Gasteiger partial charge in [-0.05, 0) is 55.7 Å². The van der Waals surface area contributed by atoms with Crippen LogP contribution in [0.5, 0.6) is 5.75 Å². The van der Waals surface area contributed by atoms with E-state index in [0.717, 1.165) is 42.1 Å². The summed E-state index contributed by atoms with van der Waals surface area (Å²) in [7, 11) is 0. The number of thioether (sulfide) groups is 1. The average Bonchev–Trinajstić information content (AvgIpc) is 2.71. The summed E-state index contributed by atoms with van der Waals surface area (Å²) >= 11 is 1.64. The second-order valence-electron chi connectivity index (χ2n) is 6.86. The molecular formula is C22H24N2O3S. The van der Waals surface area contributed by atoms with Crippen LogP contribution in [0.1, 0.15) is 55.6 Å². The van der Waals surface area contributed by atoms with Crippen LogP contribution in [0.15, 0.2) is 29.2 Å². The summed E-state index contributed by atoms with van der Waals surface area (Å²) in [6.07, 6.45) is 5.06. The van der Waals surface area contributed by atoms with Crippen LogP contribution in [-0.4, -0.2) is 34.1 Å². The van der Waals surface area contributed by atoms with E-state index in [2.05, 4.69) is 48.0 Å². The summed E-state index contributed by atoms with van der Waals surface area (Å²) in [6, 6.07) is 7.64. The van der Waals surface area contributed by atoms with Gasteiger partial charge in [0.2, 0.25) is 0 Å². The first-order chi connectivity index (χ1) is 13.5. The lowest BCUT2D eigenvalue weighted by Crippen LogP contribution is -2.31. The van der Waals surface area contributed by atoms with E-state index in [0.29, 0.717) is 11.4 Å². The number of benzene rings is 1. The highest BCUT2D eigenvalue weighted by atomic mass is 32.2. The third kappa shape index (κ3) is 4.15. The Morgan fingerprint density at radius 2 is 2.04 bits per heavy atom. The molecule has 0 saturated heterocycles. The maximum absolute atomic E-state index is 10.7. The van der Waals surface area contributed by atoms with Gasteiger partial charge in [-0.3, -0.25) is 4.79 Å². The lowest BCUT2D eigenvalue weighted by Gasteiger charge is -2.38. The van der Waals surface area contributed by atoms with Crippen molar-refractivity contribution in [2.45, 2.75) is 49.8 Å². The first kappa shape index (κ1) is 20.2. The number of carboxylic acids is 1. The number of hydrogen-bond donors (Lipinski definition) is 1. The molecule has 0 atom stereocenters. The van der Waals surface area contributed by atoms with Crippen molar-refractivity contribution in [1.29, 1.82) is 0 Å². The highest BCUT2D eigenvalue weighted by Gasteiger charge is 2.35. The largest absolute Gasteiger partial charge is 0.493 e. The van der Waals surface area contributed by atoms with E-state index in [4.69, 9.17) is 9.84 Å². The molecule has 0 amide bonds. The molecule has 2 aromatic rings. The lowest BCUT2D eigenvalue weighted by molar-refractivity contribution is -0.136. The molecule has 0 unspecified atom stereocenters. The predicted octanol–water partition coefficient (Wildman–Crippen LogP) is 4.07. The van der Waals surface area contributed by atoms with E-state index in [1.165, 1.54) is 5.56 Å². The number of nitrogens with zero attached hydrogens (tertiary/aromatic N) is 2. The number of carboxylic acid groups (broad SMARTS) is 1. The number of aliphatic carboxylic acids is 1. The quantitative estimate of drug-likeness (QED) is 0.607. The number of ether oxygens (including phenoxy) is 1. The Morgan fingerprint density at radius 1 is 1.25 bits per heavy atom. The molecule has 1 aromatic carbocycles. The Bertz CT molecular complexity index is 925. The second kappa shape index (κ2) is 8.66. The molecule has 1 aromatic heterocycles. The third-order valence-corrected chi connectivity index (χ3v) is 6.22. The molecule has 28 heavy (non-hydrogen) atoms. The Balaban J connectivity index is 1.97. The van der Waals surface area contributed by atoms with Gasteiger partial charge in [0.25, 0.3) is 0 Å². The van der Waals surface area contributed by atoms with Crippen LogP contribution >= 0.6 is 11.8 Å². The van der Waals surface area contributed by atoms with Crippen molar-refractivity contribution in [3.8, 4) is 17.6 Å². The van der Waals surface area contributed by atoms with Gasteiger partial charge >= 0.3 is 5.97 Å². The summed E-state index contributed by atoms with van der Waals surface area (Å²) < 4.78 is 5.96. The van der Waals surface area contributed by atoms with Gasteiger partial charge in [0.05, 0.1) is 18.7 Å². The highest BCUT2D eigenvalue weighted by Crippen LogP contribution is 2.45. The highest BCUT2D eigenvalue weighted by molar-refractivity contribution is 7.98. The van der Waals surface area contributed by atoms with Crippen molar-refractivity contribution in [3.05, 3.63) is 46.8 Å². The van der Waals surface area contributed by atoms with Crippen LogP contribution in [0.3, 0.4) is 0 Å². The monoisotopic (exact) mass is 396 g/mol. The van der Waals surface area contributed by atoms with Gasteiger partial charge in [0.15, 0.2) is 0 Å². The molecule has 1 aliphatic heterocycles. The van der Waals surface area contributed by atoms with Crippen molar-refractivity contribution in [1.82, 2.24) is 10.2 Å². The van der Waals surface area contributed by atoms with Gasteiger partial charge in [-0.15, -0.1) is 16.9 Å². The van der Waals surface area contributed by atoms with Crippen molar-refractivity contribution in [3.63, 3.8) is 0 Å². The van der Waals surface area contributed by atoms with E-state index >= 15 is 0 Å². The minimum atomic E-state index is -0.927. The Kier molecular flexibility index (Phi) is 6.25. The van der Waals surface area contributed by atoms with E-state index < -0.39 is 5.97 Å². The molecule has 3 rings (SSSR count). The van der Waals surface area contributed by atoms with Crippen molar-refractivity contribution < 1.29 is 14.6 Å². The van der Waals surface area contributed by atoms with E-state index in [1.54, 1.807) is 23.9 Å². The van der Waals surface area contributed by atoms with E-state index in [9.17, 15) is 4.79 Å².